The molecule has 1 aliphatic heterocycles. The van der Waals surface area contributed by atoms with Crippen LogP contribution in [0.25, 0.3) is 0 Å². The van der Waals surface area contributed by atoms with E-state index in [1.165, 1.54) is 11.1 Å². The minimum absolute atomic E-state index is 0.243. The molecule has 0 spiro atoms. The first kappa shape index (κ1) is 14.7. The lowest BCUT2D eigenvalue weighted by Crippen LogP contribution is -2.33. The highest BCUT2D eigenvalue weighted by atomic mass is 16.6. The Morgan fingerprint density at radius 3 is 2.50 bits per heavy atom. The van der Waals surface area contributed by atoms with Crippen molar-refractivity contribution in [1.29, 1.82) is 0 Å². The number of benzene rings is 1. The Morgan fingerprint density at radius 1 is 1.25 bits per heavy atom. The van der Waals surface area contributed by atoms with Gasteiger partial charge in [-0.2, -0.15) is 0 Å². The van der Waals surface area contributed by atoms with Crippen LogP contribution in [0.1, 0.15) is 45.7 Å². The van der Waals surface area contributed by atoms with Gasteiger partial charge in [-0.15, -0.1) is 0 Å². The number of rotatable bonds is 2. The largest absolute Gasteiger partial charge is 0.444 e. The minimum Gasteiger partial charge on any atom is -0.444 e. The fourth-order valence-corrected chi connectivity index (χ4v) is 2.27. The van der Waals surface area contributed by atoms with Gasteiger partial charge in [0, 0.05) is 24.8 Å². The smallest absolute Gasteiger partial charge is 0.410 e. The van der Waals surface area contributed by atoms with Crippen molar-refractivity contribution in [3.8, 4) is 0 Å². The minimum atomic E-state index is -0.448. The predicted molar refractivity (Wildman–Crippen MR) is 80.7 cm³/mol. The summed E-state index contributed by atoms with van der Waals surface area (Å²) < 4.78 is 5.42. The molecule has 1 amide bonds. The molecular formula is C16H24N2O2. The summed E-state index contributed by atoms with van der Waals surface area (Å²) in [5.74, 6) is 0. The van der Waals surface area contributed by atoms with Crippen molar-refractivity contribution in [1.82, 2.24) is 4.90 Å². The molecule has 0 aliphatic carbocycles. The molecule has 0 aromatic heterocycles. The number of fused-ring (bicyclic) bond motifs is 1. The van der Waals surface area contributed by atoms with Crippen LogP contribution < -0.4 is 5.32 Å². The van der Waals surface area contributed by atoms with E-state index in [-0.39, 0.29) is 6.09 Å². The number of ether oxygens (including phenoxy) is 1. The standard InChI is InChI=1S/C16H24N2O2/c1-11(2)17-14-7-6-12-9-18(10-13(12)8-14)15(19)20-16(3,4)5/h6-8,11,17H,9-10H2,1-5H3. The highest BCUT2D eigenvalue weighted by molar-refractivity contribution is 5.69. The fraction of sp³-hybridized carbons (Fsp3) is 0.562. The molecule has 0 atom stereocenters. The first-order chi connectivity index (χ1) is 9.24. The third kappa shape index (κ3) is 3.65. The number of hydrogen-bond acceptors (Lipinski definition) is 3. The van der Waals surface area contributed by atoms with Gasteiger partial charge in [-0.05, 0) is 57.9 Å². The van der Waals surface area contributed by atoms with Crippen molar-refractivity contribution in [2.24, 2.45) is 0 Å². The molecule has 1 heterocycles. The zero-order valence-corrected chi connectivity index (χ0v) is 13.0. The molecule has 1 N–H and O–H groups in total. The Bertz CT molecular complexity index is 504. The Hall–Kier alpha value is -1.71. The molecule has 0 unspecified atom stereocenters. The first-order valence-corrected chi connectivity index (χ1v) is 7.11. The number of nitrogens with zero attached hydrogens (tertiary/aromatic N) is 1. The third-order valence-electron chi connectivity index (χ3n) is 3.04. The van der Waals surface area contributed by atoms with Crippen LogP contribution in [0.5, 0.6) is 0 Å². The van der Waals surface area contributed by atoms with Gasteiger partial charge >= 0.3 is 6.09 Å². The summed E-state index contributed by atoms with van der Waals surface area (Å²) in [5.41, 5.74) is 3.05. The van der Waals surface area contributed by atoms with Gasteiger partial charge in [0.05, 0.1) is 0 Å². The lowest BCUT2D eigenvalue weighted by molar-refractivity contribution is 0.0242. The van der Waals surface area contributed by atoms with Crippen molar-refractivity contribution >= 4 is 11.8 Å². The summed E-state index contributed by atoms with van der Waals surface area (Å²) >= 11 is 0. The molecule has 0 radical (unpaired) electrons. The van der Waals surface area contributed by atoms with Crippen LogP contribution in [0.4, 0.5) is 10.5 Å². The van der Waals surface area contributed by atoms with Gasteiger partial charge in [-0.1, -0.05) is 6.07 Å². The Morgan fingerprint density at radius 2 is 1.90 bits per heavy atom. The second-order valence-electron chi connectivity index (χ2n) is 6.62. The summed E-state index contributed by atoms with van der Waals surface area (Å²) in [4.78, 5) is 13.8. The van der Waals surface area contributed by atoms with E-state index in [2.05, 4.69) is 37.4 Å². The quantitative estimate of drug-likeness (QED) is 0.894. The molecule has 0 saturated carbocycles. The lowest BCUT2D eigenvalue weighted by Gasteiger charge is -2.24. The Balaban J connectivity index is 2.05. The average Bonchev–Trinajstić information content (AvgIpc) is 2.68. The summed E-state index contributed by atoms with van der Waals surface area (Å²) in [6, 6.07) is 6.68. The van der Waals surface area contributed by atoms with Crippen LogP contribution in [0.2, 0.25) is 0 Å². The van der Waals surface area contributed by atoms with Crippen molar-refractivity contribution in [3.05, 3.63) is 29.3 Å². The number of anilines is 1. The van der Waals surface area contributed by atoms with Crippen molar-refractivity contribution in [2.75, 3.05) is 5.32 Å². The van der Waals surface area contributed by atoms with E-state index < -0.39 is 5.60 Å². The van der Waals surface area contributed by atoms with Crippen molar-refractivity contribution in [3.63, 3.8) is 0 Å². The molecule has 4 heteroatoms. The maximum Gasteiger partial charge on any atom is 0.410 e. The van der Waals surface area contributed by atoms with Gasteiger partial charge in [0.1, 0.15) is 5.60 Å². The first-order valence-electron chi connectivity index (χ1n) is 7.11. The Labute approximate surface area is 121 Å². The molecule has 20 heavy (non-hydrogen) atoms. The van der Waals surface area contributed by atoms with Gasteiger partial charge in [0.2, 0.25) is 0 Å². The highest BCUT2D eigenvalue weighted by Crippen LogP contribution is 2.27. The van der Waals surface area contributed by atoms with Gasteiger partial charge in [0.15, 0.2) is 0 Å². The second kappa shape index (κ2) is 5.35. The predicted octanol–water partition coefficient (Wildman–Crippen LogP) is 3.76. The molecular weight excluding hydrogens is 252 g/mol. The topological polar surface area (TPSA) is 41.6 Å². The van der Waals surface area contributed by atoms with Gasteiger partial charge in [0.25, 0.3) is 0 Å². The van der Waals surface area contributed by atoms with Crippen LogP contribution >= 0.6 is 0 Å². The summed E-state index contributed by atoms with van der Waals surface area (Å²) in [7, 11) is 0. The van der Waals surface area contributed by atoms with Gasteiger partial charge < -0.3 is 10.1 Å². The van der Waals surface area contributed by atoms with E-state index in [9.17, 15) is 4.79 Å². The van der Waals surface area contributed by atoms with Crippen molar-refractivity contribution in [2.45, 2.75) is 59.4 Å². The fourth-order valence-electron chi connectivity index (χ4n) is 2.27. The molecule has 2 rings (SSSR count). The van der Waals surface area contributed by atoms with E-state index >= 15 is 0 Å². The monoisotopic (exact) mass is 276 g/mol. The van der Waals surface area contributed by atoms with E-state index in [0.29, 0.717) is 19.1 Å². The molecule has 4 nitrogen and oxygen atoms in total. The maximum absolute atomic E-state index is 12.1. The van der Waals surface area contributed by atoms with Gasteiger partial charge in [-0.25, -0.2) is 4.79 Å². The lowest BCUT2D eigenvalue weighted by atomic mass is 10.1. The zero-order chi connectivity index (χ0) is 14.9. The summed E-state index contributed by atoms with van der Waals surface area (Å²) in [6.07, 6.45) is -0.243. The molecule has 0 saturated heterocycles. The van der Waals surface area contributed by atoms with Crippen LogP contribution in [0, 0.1) is 0 Å². The SMILES string of the molecule is CC(C)Nc1ccc2c(c1)CN(C(=O)OC(C)(C)C)C2. The average molecular weight is 276 g/mol. The number of nitrogens with one attached hydrogen (secondary N) is 1. The van der Waals surface area contributed by atoms with Crippen LogP contribution in [-0.4, -0.2) is 22.6 Å². The van der Waals surface area contributed by atoms with E-state index in [1.54, 1.807) is 4.90 Å². The Kier molecular flexibility index (Phi) is 3.93. The van der Waals surface area contributed by atoms with Crippen LogP contribution in [0.3, 0.4) is 0 Å². The molecule has 1 aromatic carbocycles. The van der Waals surface area contributed by atoms with Crippen LogP contribution in [-0.2, 0) is 17.8 Å². The highest BCUT2D eigenvalue weighted by Gasteiger charge is 2.27. The molecule has 0 fully saturated rings. The third-order valence-corrected chi connectivity index (χ3v) is 3.04. The zero-order valence-electron chi connectivity index (χ0n) is 13.0. The van der Waals surface area contributed by atoms with Crippen LogP contribution in [0.15, 0.2) is 18.2 Å². The molecule has 1 aromatic rings. The number of amides is 1. The van der Waals surface area contributed by atoms with Gasteiger partial charge in [-0.3, -0.25) is 4.90 Å². The number of carbonyl (C=O) groups is 1. The number of hydrogen-bond donors (Lipinski definition) is 1. The van der Waals surface area contributed by atoms with E-state index in [0.717, 1.165) is 5.69 Å². The van der Waals surface area contributed by atoms with E-state index in [1.807, 2.05) is 20.8 Å². The second-order valence-corrected chi connectivity index (χ2v) is 6.62. The maximum atomic E-state index is 12.1. The molecule has 0 bridgehead atoms. The van der Waals surface area contributed by atoms with E-state index in [4.69, 9.17) is 4.74 Å². The normalized spacial score (nSPS) is 14.4. The summed E-state index contributed by atoms with van der Waals surface area (Å²) in [5, 5.41) is 3.38. The van der Waals surface area contributed by atoms with Crippen molar-refractivity contribution < 1.29 is 9.53 Å². The summed E-state index contributed by atoms with van der Waals surface area (Å²) in [6.45, 7) is 11.1. The number of carbonyl (C=O) groups excluding carboxylic acids is 1. The molecule has 110 valence electrons. The molecule has 1 aliphatic rings.